The van der Waals surface area contributed by atoms with Gasteiger partial charge in [0.05, 0.1) is 0 Å². The van der Waals surface area contributed by atoms with Gasteiger partial charge in [-0.15, -0.1) is 0 Å². The predicted octanol–water partition coefficient (Wildman–Crippen LogP) is 7.22. The molecule has 0 bridgehead atoms. The van der Waals surface area contributed by atoms with Gasteiger partial charge in [-0.2, -0.15) is 0 Å². The highest BCUT2D eigenvalue weighted by molar-refractivity contribution is 7.90. The van der Waals surface area contributed by atoms with E-state index in [1.165, 1.54) is 56.9 Å². The van der Waals surface area contributed by atoms with E-state index in [1.807, 2.05) is 0 Å². The van der Waals surface area contributed by atoms with Crippen LogP contribution in [0.2, 0.25) is 0 Å². The number of aryl methyl sites for hydroxylation is 1. The van der Waals surface area contributed by atoms with E-state index in [0.717, 1.165) is 0 Å². The van der Waals surface area contributed by atoms with E-state index >= 15 is 0 Å². The first kappa shape index (κ1) is 18.2. The number of hydrogen-bond acceptors (Lipinski definition) is 0. The van der Waals surface area contributed by atoms with Crippen molar-refractivity contribution in [2.75, 3.05) is 0 Å². The molecule has 0 aliphatic carbocycles. The zero-order valence-electron chi connectivity index (χ0n) is 11.2. The Hall–Kier alpha value is 0.230. The van der Waals surface area contributed by atoms with Crippen molar-refractivity contribution in [1.82, 2.24) is 0 Å². The normalized spacial score (nSPS) is 9.72. The van der Waals surface area contributed by atoms with Gasteiger partial charge in [-0.1, -0.05) is 98.3 Å². The van der Waals surface area contributed by atoms with Gasteiger partial charge in [0.25, 0.3) is 0 Å². The minimum atomic E-state index is 0.361. The maximum Gasteiger partial charge on any atom is 0.141 e. The molecule has 0 aliphatic heterocycles. The first-order chi connectivity index (χ1) is 8.85. The molecule has 0 aliphatic rings. The summed E-state index contributed by atoms with van der Waals surface area (Å²) in [7, 11) is 0.361. The van der Waals surface area contributed by atoms with Gasteiger partial charge in [0, 0.05) is 0 Å². The molecule has 18 heavy (non-hydrogen) atoms. The number of halogens is 2. The molecule has 0 saturated heterocycles. The Morgan fingerprint density at radius 1 is 0.833 bits per heavy atom. The van der Waals surface area contributed by atoms with Crippen LogP contribution in [0, 0.1) is 0 Å². The summed E-state index contributed by atoms with van der Waals surface area (Å²) in [5, 5.41) is 0. The molecule has 3 heteroatoms. The molecule has 0 amide bonds. The Bertz CT molecular complexity index is 252. The summed E-state index contributed by atoms with van der Waals surface area (Å²) in [6.07, 6.45) is 11.1. The van der Waals surface area contributed by atoms with Crippen molar-refractivity contribution in [2.24, 2.45) is 0 Å². The lowest BCUT2D eigenvalue weighted by Gasteiger charge is -2.01. The van der Waals surface area contributed by atoms with Gasteiger partial charge < -0.3 is 0 Å². The smallest absolute Gasteiger partial charge is 0.0704 e. The van der Waals surface area contributed by atoms with Gasteiger partial charge in [0.15, 0.2) is 0 Å². The monoisotopic (exact) mass is 305 g/mol. The molecule has 1 aromatic carbocycles. The second-order valence-corrected chi connectivity index (χ2v) is 6.08. The minimum Gasteiger partial charge on any atom is -0.0704 e. The van der Waals surface area contributed by atoms with Crippen molar-refractivity contribution in [2.45, 2.75) is 58.3 Å². The van der Waals surface area contributed by atoms with Crippen LogP contribution in [0.4, 0.5) is 0 Å². The van der Waals surface area contributed by atoms with Gasteiger partial charge in [0.1, 0.15) is 7.29 Å². The zero-order chi connectivity index (χ0) is 13.5. The fraction of sp³-hybridized carbons (Fsp3) is 0.600. The number of unbranched alkanes of at least 4 members (excludes halogenated alkanes) is 6. The molecule has 0 heterocycles. The first-order valence-electron chi connectivity index (χ1n) is 6.81. The molecular weight excluding hydrogens is 282 g/mol. The average molecular weight is 306 g/mol. The van der Waals surface area contributed by atoms with Gasteiger partial charge in [-0.3, -0.25) is 0 Å². The van der Waals surface area contributed by atoms with Gasteiger partial charge in [0.2, 0.25) is 0 Å². The van der Waals surface area contributed by atoms with E-state index in [-0.39, 0.29) is 0 Å². The summed E-state index contributed by atoms with van der Waals surface area (Å²) in [4.78, 5) is 0. The largest absolute Gasteiger partial charge is 0.141 e. The lowest BCUT2D eigenvalue weighted by Crippen LogP contribution is -1.85. The second kappa shape index (κ2) is 15.3. The Morgan fingerprint density at radius 3 is 1.89 bits per heavy atom. The van der Waals surface area contributed by atoms with Gasteiger partial charge in [-0.05, 0) is 18.4 Å². The minimum absolute atomic E-state index is 0.361. The molecule has 103 valence electrons. The molecule has 0 aromatic heterocycles. The Kier molecular flexibility index (Phi) is 15.5. The van der Waals surface area contributed by atoms with Crippen molar-refractivity contribution in [3.63, 3.8) is 0 Å². The molecule has 0 nitrogen and oxygen atoms in total. The van der Waals surface area contributed by atoms with Crippen LogP contribution in [0.1, 0.15) is 57.4 Å². The van der Waals surface area contributed by atoms with Crippen LogP contribution in [-0.2, 0) is 6.42 Å². The molecule has 1 aromatic rings. The third-order valence-corrected chi connectivity index (χ3v) is 2.91. The Balaban J connectivity index is 0.000000873. The standard InChI is InChI=1S/C15H24.Cl2P/c1-2-3-4-5-6-7-9-12-15-13-10-8-11-14-15;1-3-2/h8,10-11,13-14H,2-7,9,12H2,1H3;. The molecule has 1 rings (SSSR count). The van der Waals surface area contributed by atoms with E-state index in [4.69, 9.17) is 22.5 Å². The van der Waals surface area contributed by atoms with Crippen LogP contribution in [0.5, 0.6) is 0 Å². The van der Waals surface area contributed by atoms with Gasteiger partial charge in [-0.25, -0.2) is 0 Å². The molecule has 0 N–H and O–H groups in total. The zero-order valence-corrected chi connectivity index (χ0v) is 13.7. The Morgan fingerprint density at radius 2 is 1.33 bits per heavy atom. The lowest BCUT2D eigenvalue weighted by molar-refractivity contribution is 0.589. The fourth-order valence-corrected chi connectivity index (χ4v) is 1.93. The topological polar surface area (TPSA) is 0 Å². The van der Waals surface area contributed by atoms with Crippen LogP contribution < -0.4 is 0 Å². The summed E-state index contributed by atoms with van der Waals surface area (Å²) in [5.41, 5.74) is 1.49. The van der Waals surface area contributed by atoms with E-state index in [2.05, 4.69) is 37.3 Å². The van der Waals surface area contributed by atoms with E-state index in [1.54, 1.807) is 0 Å². The second-order valence-electron chi connectivity index (χ2n) is 4.42. The first-order valence-corrected chi connectivity index (χ1v) is 9.51. The molecule has 0 unspecified atom stereocenters. The van der Waals surface area contributed by atoms with Gasteiger partial charge >= 0.3 is 0 Å². The summed E-state index contributed by atoms with van der Waals surface area (Å²) >= 11 is 9.47. The molecule has 1 radical (unpaired) electrons. The maximum atomic E-state index is 4.74. The number of rotatable bonds is 8. The van der Waals surface area contributed by atoms with E-state index in [9.17, 15) is 0 Å². The van der Waals surface area contributed by atoms with Crippen LogP contribution >= 0.6 is 29.8 Å². The van der Waals surface area contributed by atoms with Crippen molar-refractivity contribution in [3.05, 3.63) is 35.9 Å². The third-order valence-electron chi connectivity index (χ3n) is 2.91. The van der Waals surface area contributed by atoms with Crippen LogP contribution in [0.3, 0.4) is 0 Å². The van der Waals surface area contributed by atoms with E-state index in [0.29, 0.717) is 7.29 Å². The molecule has 0 saturated carbocycles. The summed E-state index contributed by atoms with van der Waals surface area (Å²) in [6, 6.07) is 10.8. The van der Waals surface area contributed by atoms with E-state index < -0.39 is 0 Å². The SMILES string of the molecule is CCCCCCCCCc1ccccc1.Cl[P]Cl. The molecule has 0 fully saturated rings. The van der Waals surface area contributed by atoms with Crippen molar-refractivity contribution in [1.29, 1.82) is 0 Å². The highest BCUT2D eigenvalue weighted by Crippen LogP contribution is 2.19. The Labute approximate surface area is 124 Å². The summed E-state index contributed by atoms with van der Waals surface area (Å²) in [6.45, 7) is 2.27. The predicted molar refractivity (Wildman–Crippen MR) is 86.8 cm³/mol. The molecule has 0 atom stereocenters. The quantitative estimate of drug-likeness (QED) is 0.351. The molecule has 0 spiro atoms. The van der Waals surface area contributed by atoms with Crippen molar-refractivity contribution < 1.29 is 0 Å². The summed E-state index contributed by atoms with van der Waals surface area (Å²) in [5.74, 6) is 0. The highest BCUT2D eigenvalue weighted by atomic mass is 35.9. The van der Waals surface area contributed by atoms with Crippen molar-refractivity contribution in [3.8, 4) is 0 Å². The van der Waals surface area contributed by atoms with Crippen molar-refractivity contribution >= 4 is 29.8 Å². The maximum absolute atomic E-state index is 4.74. The fourth-order valence-electron chi connectivity index (χ4n) is 1.93. The molecular formula is C15H24Cl2P. The lowest BCUT2D eigenvalue weighted by atomic mass is 10.0. The third kappa shape index (κ3) is 12.7. The van der Waals surface area contributed by atoms with Crippen LogP contribution in [-0.4, -0.2) is 0 Å². The van der Waals surface area contributed by atoms with Crippen LogP contribution in [0.15, 0.2) is 30.3 Å². The number of benzene rings is 1. The summed E-state index contributed by atoms with van der Waals surface area (Å²) < 4.78 is 0. The average Bonchev–Trinajstić information content (AvgIpc) is 2.40. The van der Waals surface area contributed by atoms with Crippen LogP contribution in [0.25, 0.3) is 0 Å². The number of hydrogen-bond donors (Lipinski definition) is 0. The highest BCUT2D eigenvalue weighted by Gasteiger charge is 1.92.